The van der Waals surface area contributed by atoms with Gasteiger partial charge in [-0.15, -0.1) is 0 Å². The number of hydrogen-bond donors (Lipinski definition) is 1. The minimum absolute atomic E-state index is 0.288. The van der Waals surface area contributed by atoms with E-state index < -0.39 is 0 Å². The fraction of sp³-hybridized carbons (Fsp3) is 0.133. The maximum atomic E-state index is 11.6. The van der Waals surface area contributed by atoms with Crippen LogP contribution in [0.2, 0.25) is 0 Å². The Balaban J connectivity index is 0.000000771. The number of rotatable bonds is 3. The highest BCUT2D eigenvalue weighted by molar-refractivity contribution is 5.89. The van der Waals surface area contributed by atoms with Crippen molar-refractivity contribution < 1.29 is 14.6 Å². The van der Waals surface area contributed by atoms with E-state index in [4.69, 9.17) is 9.84 Å². The van der Waals surface area contributed by atoms with Crippen molar-refractivity contribution >= 4 is 5.97 Å². The van der Waals surface area contributed by atoms with E-state index in [1.807, 2.05) is 48.5 Å². The van der Waals surface area contributed by atoms with Gasteiger partial charge >= 0.3 is 5.97 Å². The van der Waals surface area contributed by atoms with Gasteiger partial charge in [-0.1, -0.05) is 48.5 Å². The minimum Gasteiger partial charge on any atom is -0.457 e. The van der Waals surface area contributed by atoms with E-state index in [0.29, 0.717) is 12.2 Å². The SMILES string of the molecule is CO.O=C(OCc1ccccc1)c1ccccc1. The van der Waals surface area contributed by atoms with Gasteiger partial charge in [0, 0.05) is 7.11 Å². The van der Waals surface area contributed by atoms with E-state index in [1.54, 1.807) is 12.1 Å². The van der Waals surface area contributed by atoms with Gasteiger partial charge in [0.05, 0.1) is 5.56 Å². The number of benzene rings is 2. The van der Waals surface area contributed by atoms with Gasteiger partial charge in [0.25, 0.3) is 0 Å². The van der Waals surface area contributed by atoms with E-state index in [9.17, 15) is 4.79 Å². The number of ether oxygens (including phenoxy) is 1. The molecule has 1 N–H and O–H groups in total. The highest BCUT2D eigenvalue weighted by atomic mass is 16.5. The highest BCUT2D eigenvalue weighted by Crippen LogP contribution is 2.05. The summed E-state index contributed by atoms with van der Waals surface area (Å²) < 4.78 is 5.18. The Labute approximate surface area is 107 Å². The third-order valence-electron chi connectivity index (χ3n) is 2.22. The molecule has 0 spiro atoms. The molecule has 0 aliphatic carbocycles. The van der Waals surface area contributed by atoms with Gasteiger partial charge < -0.3 is 9.84 Å². The first kappa shape index (κ1) is 13.9. The van der Waals surface area contributed by atoms with Crippen LogP contribution in [0.1, 0.15) is 15.9 Å². The lowest BCUT2D eigenvalue weighted by Gasteiger charge is -2.04. The zero-order chi connectivity index (χ0) is 13.2. The van der Waals surface area contributed by atoms with Crippen LogP contribution in [0.4, 0.5) is 0 Å². The zero-order valence-electron chi connectivity index (χ0n) is 10.2. The first-order valence-corrected chi connectivity index (χ1v) is 5.57. The summed E-state index contributed by atoms with van der Waals surface area (Å²) in [6, 6.07) is 18.6. The minimum atomic E-state index is -0.288. The largest absolute Gasteiger partial charge is 0.457 e. The Hall–Kier alpha value is -2.13. The smallest absolute Gasteiger partial charge is 0.338 e. The predicted molar refractivity (Wildman–Crippen MR) is 70.1 cm³/mol. The summed E-state index contributed by atoms with van der Waals surface area (Å²) in [4.78, 5) is 11.6. The number of aliphatic hydroxyl groups excluding tert-OH is 1. The molecule has 0 saturated carbocycles. The number of esters is 1. The van der Waals surface area contributed by atoms with Crippen LogP contribution < -0.4 is 0 Å². The molecule has 2 aromatic carbocycles. The van der Waals surface area contributed by atoms with Crippen molar-refractivity contribution in [1.82, 2.24) is 0 Å². The van der Waals surface area contributed by atoms with Gasteiger partial charge in [0.15, 0.2) is 0 Å². The lowest BCUT2D eigenvalue weighted by molar-refractivity contribution is 0.0472. The molecule has 94 valence electrons. The lowest BCUT2D eigenvalue weighted by Crippen LogP contribution is -2.04. The monoisotopic (exact) mass is 244 g/mol. The van der Waals surface area contributed by atoms with Crippen molar-refractivity contribution in [2.45, 2.75) is 6.61 Å². The summed E-state index contributed by atoms with van der Waals surface area (Å²) in [5, 5.41) is 7.00. The van der Waals surface area contributed by atoms with Crippen LogP contribution in [-0.4, -0.2) is 18.2 Å². The van der Waals surface area contributed by atoms with Gasteiger partial charge in [-0.05, 0) is 17.7 Å². The molecule has 0 saturated heterocycles. The number of carbonyl (C=O) groups is 1. The summed E-state index contributed by atoms with van der Waals surface area (Å²) >= 11 is 0. The molecule has 2 rings (SSSR count). The van der Waals surface area contributed by atoms with Crippen LogP contribution in [0.3, 0.4) is 0 Å². The quantitative estimate of drug-likeness (QED) is 0.844. The lowest BCUT2D eigenvalue weighted by atomic mass is 10.2. The van der Waals surface area contributed by atoms with Crippen molar-refractivity contribution in [3.8, 4) is 0 Å². The molecule has 0 aliphatic rings. The molecular weight excluding hydrogens is 228 g/mol. The first-order chi connectivity index (χ1) is 8.86. The summed E-state index contributed by atoms with van der Waals surface area (Å²) in [5.74, 6) is -0.288. The standard InChI is InChI=1S/C14H12O2.CH4O/c15-14(13-9-5-2-6-10-13)16-11-12-7-3-1-4-8-12;1-2/h1-10H,11H2;2H,1H3. The molecule has 0 fully saturated rings. The molecule has 0 aromatic heterocycles. The third-order valence-corrected chi connectivity index (χ3v) is 2.22. The van der Waals surface area contributed by atoms with Crippen molar-refractivity contribution in [1.29, 1.82) is 0 Å². The van der Waals surface area contributed by atoms with Crippen molar-refractivity contribution in [2.75, 3.05) is 7.11 Å². The van der Waals surface area contributed by atoms with Crippen LogP contribution in [0, 0.1) is 0 Å². The van der Waals surface area contributed by atoms with Crippen molar-refractivity contribution in [2.24, 2.45) is 0 Å². The fourth-order valence-electron chi connectivity index (χ4n) is 1.38. The molecule has 0 unspecified atom stereocenters. The average molecular weight is 244 g/mol. The van der Waals surface area contributed by atoms with E-state index in [0.717, 1.165) is 12.7 Å². The molecule has 0 radical (unpaired) electrons. The van der Waals surface area contributed by atoms with Crippen LogP contribution in [0.25, 0.3) is 0 Å². The molecule has 0 heterocycles. The third kappa shape index (κ3) is 4.39. The molecule has 0 bridgehead atoms. The molecule has 18 heavy (non-hydrogen) atoms. The van der Waals surface area contributed by atoms with Gasteiger partial charge in [-0.3, -0.25) is 0 Å². The van der Waals surface area contributed by atoms with E-state index >= 15 is 0 Å². The summed E-state index contributed by atoms with van der Waals surface area (Å²) in [7, 11) is 1.00. The van der Waals surface area contributed by atoms with Gasteiger partial charge in [-0.2, -0.15) is 0 Å². The van der Waals surface area contributed by atoms with Gasteiger partial charge in [-0.25, -0.2) is 4.79 Å². The second-order valence-electron chi connectivity index (χ2n) is 3.43. The van der Waals surface area contributed by atoms with E-state index in [-0.39, 0.29) is 5.97 Å². The van der Waals surface area contributed by atoms with Crippen LogP contribution in [0.5, 0.6) is 0 Å². The Morgan fingerprint density at radius 2 is 1.44 bits per heavy atom. The molecule has 0 aliphatic heterocycles. The van der Waals surface area contributed by atoms with Gasteiger partial charge in [0.1, 0.15) is 6.61 Å². The first-order valence-electron chi connectivity index (χ1n) is 5.57. The van der Waals surface area contributed by atoms with Crippen molar-refractivity contribution in [3.63, 3.8) is 0 Å². The Morgan fingerprint density at radius 3 is 2.00 bits per heavy atom. The maximum absolute atomic E-state index is 11.6. The molecule has 2 aromatic rings. The van der Waals surface area contributed by atoms with Gasteiger partial charge in [0.2, 0.25) is 0 Å². The fourth-order valence-corrected chi connectivity index (χ4v) is 1.38. The Kier molecular flexibility index (Phi) is 6.22. The molecule has 0 atom stereocenters. The number of aliphatic hydroxyl groups is 1. The molecule has 3 nitrogen and oxygen atoms in total. The summed E-state index contributed by atoms with van der Waals surface area (Å²) in [6.07, 6.45) is 0. The normalized spacial score (nSPS) is 9.00. The Bertz CT molecular complexity index is 452. The highest BCUT2D eigenvalue weighted by Gasteiger charge is 2.05. The predicted octanol–water partition coefficient (Wildman–Crippen LogP) is 2.65. The number of hydrogen-bond acceptors (Lipinski definition) is 3. The average Bonchev–Trinajstić information content (AvgIpc) is 2.49. The second-order valence-corrected chi connectivity index (χ2v) is 3.43. The molecular formula is C15H16O3. The van der Waals surface area contributed by atoms with Crippen molar-refractivity contribution in [3.05, 3.63) is 71.8 Å². The van der Waals surface area contributed by atoms with Crippen LogP contribution in [0.15, 0.2) is 60.7 Å². The number of carbonyl (C=O) groups excluding carboxylic acids is 1. The Morgan fingerprint density at radius 1 is 0.944 bits per heavy atom. The zero-order valence-corrected chi connectivity index (χ0v) is 10.2. The maximum Gasteiger partial charge on any atom is 0.338 e. The molecule has 3 heteroatoms. The summed E-state index contributed by atoms with van der Waals surface area (Å²) in [5.41, 5.74) is 1.57. The molecule has 0 amide bonds. The second kappa shape index (κ2) is 8.03. The van der Waals surface area contributed by atoms with E-state index in [1.165, 1.54) is 0 Å². The van der Waals surface area contributed by atoms with Crippen LogP contribution in [-0.2, 0) is 11.3 Å². The van der Waals surface area contributed by atoms with E-state index in [2.05, 4.69) is 0 Å². The summed E-state index contributed by atoms with van der Waals surface area (Å²) in [6.45, 7) is 0.314. The topological polar surface area (TPSA) is 46.5 Å². The van der Waals surface area contributed by atoms with Crippen LogP contribution >= 0.6 is 0 Å².